The molecule has 4 bridgehead atoms. The van der Waals surface area contributed by atoms with E-state index < -0.39 is 8.07 Å². The Morgan fingerprint density at radius 3 is 0.870 bits per heavy atom. The van der Waals surface area contributed by atoms with Crippen LogP contribution in [-0.2, 0) is 21.7 Å². The van der Waals surface area contributed by atoms with Gasteiger partial charge in [-0.15, -0.1) is 5.54 Å². The molecule has 0 saturated heterocycles. The number of nitrogens with zero attached hydrogens (tertiary/aromatic N) is 3. The van der Waals surface area contributed by atoms with Crippen LogP contribution < -0.4 is 0 Å². The molecule has 4 aliphatic rings. The van der Waals surface area contributed by atoms with Gasteiger partial charge in [-0.1, -0.05) is 74.1 Å². The molecule has 4 aromatic rings. The molecule has 0 atom stereocenters. The monoisotopic (exact) mass is 611 g/mol. The highest BCUT2D eigenvalue weighted by molar-refractivity contribution is 6.83. The van der Waals surface area contributed by atoms with E-state index >= 15 is 0 Å². The van der Waals surface area contributed by atoms with E-state index in [9.17, 15) is 15.8 Å². The average molecular weight is 612 g/mol. The first-order valence-corrected chi connectivity index (χ1v) is 19.7. The van der Waals surface area contributed by atoms with Crippen molar-refractivity contribution in [3.63, 3.8) is 0 Å². The highest BCUT2D eigenvalue weighted by atomic mass is 28.3. The maximum Gasteiger partial charge on any atom is 0.129 e. The second kappa shape index (κ2) is 10.6. The minimum absolute atomic E-state index is 0.0881. The quantitative estimate of drug-likeness (QED) is 0.171. The fraction of sp³-hybridized carbons (Fsp3) is 0.310. The lowest BCUT2D eigenvalue weighted by atomic mass is 9.32. The Kier molecular flexibility index (Phi) is 6.87. The van der Waals surface area contributed by atoms with Crippen LogP contribution in [0.2, 0.25) is 19.6 Å². The van der Waals surface area contributed by atoms with E-state index in [1.807, 2.05) is 36.4 Å². The lowest BCUT2D eigenvalue weighted by Gasteiger charge is -2.71. The largest absolute Gasteiger partial charge is 0.192 e. The second-order valence-electron chi connectivity index (χ2n) is 15.3. The van der Waals surface area contributed by atoms with Gasteiger partial charge in [-0.3, -0.25) is 0 Å². The molecule has 4 saturated carbocycles. The Morgan fingerprint density at radius 2 is 0.652 bits per heavy atom. The van der Waals surface area contributed by atoms with Crippen molar-refractivity contribution in [2.75, 3.05) is 0 Å². The molecule has 3 nitrogen and oxygen atoms in total. The highest BCUT2D eigenvalue weighted by Gasteiger charge is 2.69. The summed E-state index contributed by atoms with van der Waals surface area (Å²) in [5, 5.41) is 28.9. The minimum Gasteiger partial charge on any atom is -0.192 e. The van der Waals surface area contributed by atoms with Crippen molar-refractivity contribution in [3.05, 3.63) is 142 Å². The first-order valence-electron chi connectivity index (χ1n) is 16.2. The van der Waals surface area contributed by atoms with E-state index in [0.29, 0.717) is 16.7 Å². The lowest BCUT2D eigenvalue weighted by molar-refractivity contribution is -0.0691. The van der Waals surface area contributed by atoms with Crippen molar-refractivity contribution in [2.45, 2.75) is 79.8 Å². The van der Waals surface area contributed by atoms with Gasteiger partial charge < -0.3 is 0 Å². The Labute approximate surface area is 274 Å². The number of hydrogen-bond acceptors (Lipinski definition) is 3. The summed E-state index contributed by atoms with van der Waals surface area (Å²) in [5.41, 5.74) is 11.5. The van der Waals surface area contributed by atoms with E-state index in [0.717, 1.165) is 44.1 Å². The first-order chi connectivity index (χ1) is 22.0. The molecule has 46 heavy (non-hydrogen) atoms. The molecule has 0 aliphatic heterocycles. The summed E-state index contributed by atoms with van der Waals surface area (Å²) in [6.07, 6.45) is 6.21. The predicted molar refractivity (Wildman–Crippen MR) is 185 cm³/mol. The van der Waals surface area contributed by atoms with Gasteiger partial charge in [0, 0.05) is 5.56 Å². The summed E-state index contributed by atoms with van der Waals surface area (Å²) in [4.78, 5) is 0. The zero-order chi connectivity index (χ0) is 32.2. The third-order valence-electron chi connectivity index (χ3n) is 11.0. The first kappa shape index (κ1) is 29.8. The smallest absolute Gasteiger partial charge is 0.129 e. The topological polar surface area (TPSA) is 71.4 Å². The van der Waals surface area contributed by atoms with Gasteiger partial charge in [-0.05, 0) is 131 Å². The molecular weight excluding hydrogens is 575 g/mol. The van der Waals surface area contributed by atoms with Gasteiger partial charge in [-0.25, -0.2) is 0 Å². The molecule has 0 N–H and O–H groups in total. The van der Waals surface area contributed by atoms with E-state index in [1.54, 1.807) is 0 Å². The predicted octanol–water partition coefficient (Wildman–Crippen LogP) is 8.96. The number of hydrogen-bond donors (Lipinski definition) is 0. The van der Waals surface area contributed by atoms with Gasteiger partial charge in [0.25, 0.3) is 0 Å². The number of benzene rings is 4. The maximum absolute atomic E-state index is 9.62. The zero-order valence-electron chi connectivity index (χ0n) is 26.8. The molecule has 0 heterocycles. The molecule has 8 rings (SSSR count). The summed E-state index contributed by atoms with van der Waals surface area (Å²) in [7, 11) is -1.50. The van der Waals surface area contributed by atoms with Crippen LogP contribution in [0, 0.1) is 45.5 Å². The zero-order valence-corrected chi connectivity index (χ0v) is 27.8. The summed E-state index contributed by atoms with van der Waals surface area (Å²) in [6, 6.07) is 41.2. The molecule has 0 aromatic heterocycles. The summed E-state index contributed by atoms with van der Waals surface area (Å²) in [5.74, 6) is 3.45. The van der Waals surface area contributed by atoms with E-state index in [4.69, 9.17) is 0 Å². The van der Waals surface area contributed by atoms with Crippen molar-refractivity contribution in [1.82, 2.24) is 0 Å². The Hall–Kier alpha value is -4.87. The van der Waals surface area contributed by atoms with Gasteiger partial charge in [0.05, 0.1) is 34.9 Å². The van der Waals surface area contributed by atoms with E-state index in [-0.39, 0.29) is 21.7 Å². The molecule has 0 amide bonds. The van der Waals surface area contributed by atoms with Crippen LogP contribution in [0.5, 0.6) is 0 Å². The van der Waals surface area contributed by atoms with Gasteiger partial charge in [-0.2, -0.15) is 15.8 Å². The third kappa shape index (κ3) is 4.96. The van der Waals surface area contributed by atoms with Gasteiger partial charge >= 0.3 is 0 Å². The fourth-order valence-corrected chi connectivity index (χ4v) is 10.2. The van der Waals surface area contributed by atoms with Crippen LogP contribution in [0.4, 0.5) is 0 Å². The van der Waals surface area contributed by atoms with E-state index in [1.165, 1.54) is 22.3 Å². The number of rotatable bonds is 4. The molecule has 0 spiro atoms. The maximum atomic E-state index is 9.62. The second-order valence-corrected chi connectivity index (χ2v) is 20.1. The van der Waals surface area contributed by atoms with Crippen LogP contribution in [-0.4, -0.2) is 8.07 Å². The molecule has 0 radical (unpaired) electrons. The molecule has 4 fully saturated rings. The molecule has 4 aliphatic carbocycles. The Morgan fingerprint density at radius 1 is 0.413 bits per heavy atom. The molecule has 224 valence electrons. The van der Waals surface area contributed by atoms with Crippen LogP contribution in [0.1, 0.15) is 83.0 Å². The van der Waals surface area contributed by atoms with Gasteiger partial charge in [0.15, 0.2) is 0 Å². The van der Waals surface area contributed by atoms with Crippen LogP contribution >= 0.6 is 0 Å². The van der Waals surface area contributed by atoms with Gasteiger partial charge in [0.2, 0.25) is 0 Å². The third-order valence-corrected chi connectivity index (χ3v) is 11.9. The summed E-state index contributed by atoms with van der Waals surface area (Å²) in [6.45, 7) is 6.83. The number of nitriles is 3. The SMILES string of the molecule is C[Si](C)(C)C#Cc1ccc(C23CC4(c5ccc(C#N)cc5)CC(c5ccc(C#N)cc5)(CC(c5ccc(C#N)cc5)(C4)C2)C3)cc1. The summed E-state index contributed by atoms with van der Waals surface area (Å²) >= 11 is 0. The normalized spacial score (nSPS) is 27.5. The molecule has 4 heteroatoms. The molecule has 0 unspecified atom stereocenters. The highest BCUT2D eigenvalue weighted by Crippen LogP contribution is 2.74. The van der Waals surface area contributed by atoms with Crippen LogP contribution in [0.3, 0.4) is 0 Å². The lowest BCUT2D eigenvalue weighted by Crippen LogP contribution is -2.67. The van der Waals surface area contributed by atoms with Crippen LogP contribution in [0.25, 0.3) is 0 Å². The minimum atomic E-state index is -1.50. The standard InChI is InChI=1S/C42H37N3Si/c1-46(2,3)21-20-31-4-12-35(13-5-31)39-25-40(36-14-6-32(22-43)7-15-36)28-41(26-39,37-16-8-33(23-44)9-17-37)30-42(27-39,29-40)38-18-10-34(24-45)11-19-38/h4-19H,25-30H2,1-3H3. The van der Waals surface area contributed by atoms with E-state index in [2.05, 4.69) is 110 Å². The van der Waals surface area contributed by atoms with Crippen molar-refractivity contribution < 1.29 is 0 Å². The van der Waals surface area contributed by atoms with Crippen molar-refractivity contribution in [3.8, 4) is 29.7 Å². The summed E-state index contributed by atoms with van der Waals surface area (Å²) < 4.78 is 0. The Balaban J connectivity index is 1.46. The molecule has 4 aromatic carbocycles. The van der Waals surface area contributed by atoms with Crippen LogP contribution in [0.15, 0.2) is 97.1 Å². The van der Waals surface area contributed by atoms with Gasteiger partial charge in [0.1, 0.15) is 8.07 Å². The Bertz CT molecular complexity index is 1810. The van der Waals surface area contributed by atoms with Crippen molar-refractivity contribution in [2.24, 2.45) is 0 Å². The van der Waals surface area contributed by atoms with Crippen molar-refractivity contribution >= 4 is 8.07 Å². The average Bonchev–Trinajstić information content (AvgIpc) is 3.07. The van der Waals surface area contributed by atoms with Crippen molar-refractivity contribution in [1.29, 1.82) is 15.8 Å². The molecular formula is C42H37N3Si. The fourth-order valence-electron chi connectivity index (χ4n) is 9.72.